The highest BCUT2D eigenvalue weighted by atomic mass is 35.5. The Morgan fingerprint density at radius 1 is 1.41 bits per heavy atom. The Morgan fingerprint density at radius 3 is 2.82 bits per heavy atom. The molecular weight excluding hydrogens is 248 g/mol. The molecule has 2 rings (SSSR count). The van der Waals surface area contributed by atoms with E-state index in [9.17, 15) is 8.78 Å². The van der Waals surface area contributed by atoms with Crippen LogP contribution in [-0.4, -0.2) is 9.55 Å². The lowest BCUT2D eigenvalue weighted by Crippen LogP contribution is -2.07. The first-order valence-corrected chi connectivity index (χ1v) is 5.30. The normalized spacial score (nSPS) is 10.6. The van der Waals surface area contributed by atoms with E-state index < -0.39 is 11.6 Å². The maximum Gasteiger partial charge on any atom is 0.146 e. The summed E-state index contributed by atoms with van der Waals surface area (Å²) in [5, 5.41) is 3.25. The molecule has 0 aliphatic carbocycles. The summed E-state index contributed by atoms with van der Waals surface area (Å²) in [6, 6.07) is 3.24. The summed E-state index contributed by atoms with van der Waals surface area (Å²) in [7, 11) is 1.74. The molecule has 90 valence electrons. The fraction of sp³-hybridized carbons (Fsp3) is 0.182. The van der Waals surface area contributed by atoms with Crippen LogP contribution >= 0.6 is 11.6 Å². The molecule has 1 N–H and O–H groups in total. The van der Waals surface area contributed by atoms with Crippen LogP contribution < -0.4 is 5.32 Å². The van der Waals surface area contributed by atoms with Gasteiger partial charge in [-0.05, 0) is 18.2 Å². The van der Waals surface area contributed by atoms with Crippen LogP contribution in [0.1, 0.15) is 5.82 Å². The highest BCUT2D eigenvalue weighted by molar-refractivity contribution is 6.29. The zero-order chi connectivity index (χ0) is 12.4. The number of aromatic nitrogens is 2. The van der Waals surface area contributed by atoms with Gasteiger partial charge in [0.25, 0.3) is 0 Å². The zero-order valence-corrected chi connectivity index (χ0v) is 9.80. The van der Waals surface area contributed by atoms with Gasteiger partial charge in [0.2, 0.25) is 0 Å². The van der Waals surface area contributed by atoms with Crippen molar-refractivity contribution in [2.75, 3.05) is 5.32 Å². The summed E-state index contributed by atoms with van der Waals surface area (Å²) >= 11 is 5.81. The van der Waals surface area contributed by atoms with E-state index in [1.807, 2.05) is 0 Å². The molecule has 0 amide bonds. The van der Waals surface area contributed by atoms with Crippen molar-refractivity contribution in [3.63, 3.8) is 0 Å². The Morgan fingerprint density at radius 2 is 2.18 bits per heavy atom. The first kappa shape index (κ1) is 11.9. The predicted octanol–water partition coefficient (Wildman–Crippen LogP) is 2.96. The lowest BCUT2D eigenvalue weighted by molar-refractivity contribution is 0.602. The standard InChI is InChI=1S/C11H10ClF2N3/c1-17-10(12)5-16-11(17)6-15-9-4-7(13)2-3-8(9)14/h2-5,15H,6H2,1H3. The second-order valence-corrected chi connectivity index (χ2v) is 3.92. The van der Waals surface area contributed by atoms with Gasteiger partial charge in [0, 0.05) is 7.05 Å². The van der Waals surface area contributed by atoms with E-state index in [-0.39, 0.29) is 12.2 Å². The number of imidazole rings is 1. The molecule has 3 nitrogen and oxygen atoms in total. The molecule has 0 spiro atoms. The minimum atomic E-state index is -0.508. The molecule has 0 aliphatic heterocycles. The van der Waals surface area contributed by atoms with Crippen molar-refractivity contribution >= 4 is 17.3 Å². The molecule has 0 aliphatic rings. The number of nitrogens with zero attached hydrogens (tertiary/aromatic N) is 2. The van der Waals surface area contributed by atoms with E-state index in [1.54, 1.807) is 11.6 Å². The van der Waals surface area contributed by atoms with Gasteiger partial charge in [0.15, 0.2) is 0 Å². The Labute approximate surface area is 102 Å². The van der Waals surface area contributed by atoms with Gasteiger partial charge in [-0.2, -0.15) is 0 Å². The summed E-state index contributed by atoms with van der Waals surface area (Å²) in [5.74, 6) is -0.364. The largest absolute Gasteiger partial charge is 0.375 e. The molecule has 6 heteroatoms. The molecular formula is C11H10ClF2N3. The third-order valence-electron chi connectivity index (χ3n) is 2.39. The number of halogens is 3. The third-order valence-corrected chi connectivity index (χ3v) is 2.74. The summed E-state index contributed by atoms with van der Waals surface area (Å²) in [6.45, 7) is 0.267. The van der Waals surface area contributed by atoms with Crippen LogP contribution in [0.3, 0.4) is 0 Å². The van der Waals surface area contributed by atoms with Crippen LogP contribution in [0.4, 0.5) is 14.5 Å². The molecule has 0 bridgehead atoms. The van der Waals surface area contributed by atoms with Crippen LogP contribution in [0.15, 0.2) is 24.4 Å². The average Bonchev–Trinajstić information content (AvgIpc) is 2.62. The molecule has 2 aromatic rings. The van der Waals surface area contributed by atoms with E-state index in [0.717, 1.165) is 18.2 Å². The monoisotopic (exact) mass is 257 g/mol. The van der Waals surface area contributed by atoms with Crippen molar-refractivity contribution in [3.05, 3.63) is 47.0 Å². The van der Waals surface area contributed by atoms with Crippen LogP contribution in [0.2, 0.25) is 5.15 Å². The van der Waals surface area contributed by atoms with E-state index in [4.69, 9.17) is 11.6 Å². The Bertz CT molecular complexity index is 540. The molecule has 0 saturated heterocycles. The van der Waals surface area contributed by atoms with Crippen LogP contribution in [0, 0.1) is 11.6 Å². The molecule has 1 aromatic carbocycles. The molecule has 17 heavy (non-hydrogen) atoms. The SMILES string of the molecule is Cn1c(Cl)cnc1CNc1cc(F)ccc1F. The molecule has 1 heterocycles. The van der Waals surface area contributed by atoms with Gasteiger partial charge in [-0.25, -0.2) is 13.8 Å². The highest BCUT2D eigenvalue weighted by Crippen LogP contribution is 2.17. The molecule has 0 unspecified atom stereocenters. The Balaban J connectivity index is 2.12. The van der Waals surface area contributed by atoms with Gasteiger partial charge >= 0.3 is 0 Å². The number of benzene rings is 1. The van der Waals surface area contributed by atoms with Crippen molar-refractivity contribution in [2.24, 2.45) is 7.05 Å². The van der Waals surface area contributed by atoms with Crippen molar-refractivity contribution in [1.29, 1.82) is 0 Å². The van der Waals surface area contributed by atoms with Crippen molar-refractivity contribution < 1.29 is 8.78 Å². The van der Waals surface area contributed by atoms with Crippen molar-refractivity contribution in [2.45, 2.75) is 6.54 Å². The van der Waals surface area contributed by atoms with Gasteiger partial charge in [-0.15, -0.1) is 0 Å². The number of anilines is 1. The summed E-state index contributed by atoms with van der Waals surface area (Å²) in [4.78, 5) is 4.03. The molecule has 1 aromatic heterocycles. The van der Waals surface area contributed by atoms with Gasteiger partial charge < -0.3 is 9.88 Å². The van der Waals surface area contributed by atoms with Gasteiger partial charge in [-0.3, -0.25) is 0 Å². The minimum absolute atomic E-state index is 0.101. The second-order valence-electron chi connectivity index (χ2n) is 3.53. The molecule has 0 fully saturated rings. The predicted molar refractivity (Wildman–Crippen MR) is 61.9 cm³/mol. The van der Waals surface area contributed by atoms with Gasteiger partial charge in [0.05, 0.1) is 18.4 Å². The van der Waals surface area contributed by atoms with Crippen molar-refractivity contribution in [1.82, 2.24) is 9.55 Å². The van der Waals surface area contributed by atoms with E-state index in [1.165, 1.54) is 6.20 Å². The zero-order valence-electron chi connectivity index (χ0n) is 9.04. The van der Waals surface area contributed by atoms with E-state index >= 15 is 0 Å². The topological polar surface area (TPSA) is 29.9 Å². The summed E-state index contributed by atoms with van der Waals surface area (Å²) in [6.07, 6.45) is 1.50. The minimum Gasteiger partial charge on any atom is -0.375 e. The molecule has 0 saturated carbocycles. The maximum absolute atomic E-state index is 13.3. The fourth-order valence-corrected chi connectivity index (χ4v) is 1.54. The fourth-order valence-electron chi connectivity index (χ4n) is 1.40. The number of nitrogens with one attached hydrogen (secondary N) is 1. The van der Waals surface area contributed by atoms with Crippen LogP contribution in [0.5, 0.6) is 0 Å². The van der Waals surface area contributed by atoms with E-state index in [0.29, 0.717) is 11.0 Å². The van der Waals surface area contributed by atoms with E-state index in [2.05, 4.69) is 10.3 Å². The summed E-state index contributed by atoms with van der Waals surface area (Å²) in [5.41, 5.74) is 0.101. The van der Waals surface area contributed by atoms with Crippen LogP contribution in [-0.2, 0) is 13.6 Å². The van der Waals surface area contributed by atoms with Gasteiger partial charge in [-0.1, -0.05) is 11.6 Å². The number of rotatable bonds is 3. The van der Waals surface area contributed by atoms with Crippen molar-refractivity contribution in [3.8, 4) is 0 Å². The smallest absolute Gasteiger partial charge is 0.146 e. The second kappa shape index (κ2) is 4.71. The first-order chi connectivity index (χ1) is 8.08. The van der Waals surface area contributed by atoms with Gasteiger partial charge in [0.1, 0.15) is 22.6 Å². The lowest BCUT2D eigenvalue weighted by Gasteiger charge is -2.07. The quantitative estimate of drug-likeness (QED) is 0.916. The first-order valence-electron chi connectivity index (χ1n) is 4.93. The highest BCUT2D eigenvalue weighted by Gasteiger charge is 2.07. The Kier molecular flexibility index (Phi) is 3.28. The van der Waals surface area contributed by atoms with Crippen LogP contribution in [0.25, 0.3) is 0 Å². The molecule has 0 radical (unpaired) electrons. The third kappa shape index (κ3) is 2.55. The number of hydrogen-bond donors (Lipinski definition) is 1. The molecule has 0 atom stereocenters. The Hall–Kier alpha value is -1.62. The summed E-state index contributed by atoms with van der Waals surface area (Å²) < 4.78 is 27.9. The lowest BCUT2D eigenvalue weighted by atomic mass is 10.3. The number of hydrogen-bond acceptors (Lipinski definition) is 2. The maximum atomic E-state index is 13.3. The average molecular weight is 258 g/mol.